The number of benzene rings is 4. The lowest BCUT2D eigenvalue weighted by Crippen LogP contribution is -2.41. The quantitative estimate of drug-likeness (QED) is 0.147. The average Bonchev–Trinajstić information content (AvgIpc) is 3.54. The van der Waals surface area contributed by atoms with E-state index in [0.29, 0.717) is 22.9 Å². The molecule has 2 aliphatic rings. The molecule has 10 nitrogen and oxygen atoms in total. The maximum absolute atomic E-state index is 13.6. The first kappa shape index (κ1) is 36.8. The van der Waals surface area contributed by atoms with Gasteiger partial charge >= 0.3 is 11.9 Å². The smallest absolute Gasteiger partial charge is 0.305 e. The van der Waals surface area contributed by atoms with E-state index >= 15 is 0 Å². The molecule has 2 heterocycles. The van der Waals surface area contributed by atoms with Gasteiger partial charge in [-0.1, -0.05) is 48.5 Å². The number of thioether (sulfide) groups is 2. The van der Waals surface area contributed by atoms with E-state index < -0.39 is 32.2 Å². The number of carbonyl (C=O) groups is 4. The normalized spacial score (nSPS) is 22.8. The molecular formula is C40H40N2O8S2. The van der Waals surface area contributed by atoms with Gasteiger partial charge < -0.3 is 19.7 Å². The van der Waals surface area contributed by atoms with Crippen molar-refractivity contribution in [2.24, 2.45) is 0 Å². The fourth-order valence-electron chi connectivity index (χ4n) is 6.90. The van der Waals surface area contributed by atoms with Crippen molar-refractivity contribution in [1.82, 2.24) is 0 Å². The number of aliphatic carboxylic acids is 2. The Bertz CT molecular complexity index is 1810. The minimum absolute atomic E-state index is 0.244. The van der Waals surface area contributed by atoms with Gasteiger partial charge in [0.2, 0.25) is 11.8 Å². The van der Waals surface area contributed by atoms with Gasteiger partial charge in [0.05, 0.1) is 37.6 Å². The van der Waals surface area contributed by atoms with Crippen molar-refractivity contribution in [3.05, 3.63) is 119 Å². The molecule has 4 atom stereocenters. The number of ether oxygens (including phenoxy) is 2. The van der Waals surface area contributed by atoms with E-state index in [9.17, 15) is 29.4 Å². The van der Waals surface area contributed by atoms with Crippen LogP contribution in [0.15, 0.2) is 97.1 Å². The highest BCUT2D eigenvalue weighted by Crippen LogP contribution is 2.53. The number of methoxy groups -OCH3 is 2. The first-order valence-electron chi connectivity index (χ1n) is 16.8. The zero-order valence-electron chi connectivity index (χ0n) is 29.3. The van der Waals surface area contributed by atoms with E-state index in [1.165, 1.54) is 23.5 Å². The third-order valence-corrected chi connectivity index (χ3v) is 12.7. The number of hydrogen-bond donors (Lipinski definition) is 2. The number of carbonyl (C=O) groups excluding carboxylic acids is 2. The molecule has 12 heteroatoms. The van der Waals surface area contributed by atoms with Crippen LogP contribution in [0.5, 0.6) is 11.5 Å². The van der Waals surface area contributed by atoms with Gasteiger partial charge in [-0.25, -0.2) is 0 Å². The summed E-state index contributed by atoms with van der Waals surface area (Å²) in [5.74, 6) is -1.21. The molecule has 0 bridgehead atoms. The highest BCUT2D eigenvalue weighted by atomic mass is 32.2. The molecule has 0 aromatic heterocycles. The van der Waals surface area contributed by atoms with Crippen LogP contribution in [0.4, 0.5) is 11.4 Å². The maximum atomic E-state index is 13.6. The van der Waals surface area contributed by atoms with E-state index in [2.05, 4.69) is 0 Å². The molecule has 0 radical (unpaired) electrons. The lowest BCUT2D eigenvalue weighted by molar-refractivity contribution is -0.138. The number of anilines is 2. The van der Waals surface area contributed by atoms with E-state index in [0.717, 1.165) is 35.1 Å². The largest absolute Gasteiger partial charge is 0.497 e. The molecule has 6 rings (SSSR count). The standard InChI is InChI=1S/C40H40N2O8S2/c1-39(41(29-15-19-31(49-3)20-16-29)37(47)33(51-39)23-35(43)44)27-11-7-25(8-12-27)5-6-26-9-13-28(14-10-26)40(2)42(30-17-21-32(50-4)22-18-30)38(48)34(52-40)24-36(45)46/h7-22,33-34H,5-6,23-24H2,1-4H3,(H,43,44)(H,45,46)/t33-,34-,39-,40-/m0/s1. The molecule has 0 aliphatic carbocycles. The Morgan fingerprint density at radius 1 is 0.596 bits per heavy atom. The molecule has 4 aromatic carbocycles. The third-order valence-electron chi connectivity index (χ3n) is 9.65. The van der Waals surface area contributed by atoms with E-state index in [4.69, 9.17) is 9.47 Å². The minimum Gasteiger partial charge on any atom is -0.497 e. The summed E-state index contributed by atoms with van der Waals surface area (Å²) in [5.41, 5.74) is 5.33. The van der Waals surface area contributed by atoms with Crippen LogP contribution in [0.1, 0.15) is 48.9 Å². The molecule has 2 aliphatic heterocycles. The monoisotopic (exact) mass is 740 g/mol. The van der Waals surface area contributed by atoms with Crippen molar-refractivity contribution in [3.63, 3.8) is 0 Å². The Kier molecular flexibility index (Phi) is 10.6. The number of rotatable bonds is 13. The van der Waals surface area contributed by atoms with Crippen molar-refractivity contribution >= 4 is 58.7 Å². The lowest BCUT2D eigenvalue weighted by Gasteiger charge is -2.35. The number of carboxylic acid groups (broad SMARTS) is 2. The summed E-state index contributed by atoms with van der Waals surface area (Å²) in [6.07, 6.45) is 0.989. The third kappa shape index (κ3) is 7.22. The fourth-order valence-corrected chi connectivity index (χ4v) is 10.0. The van der Waals surface area contributed by atoms with Crippen LogP contribution in [-0.2, 0) is 41.8 Å². The first-order chi connectivity index (χ1) is 24.9. The molecule has 2 N–H and O–H groups in total. The molecule has 2 amide bonds. The molecule has 2 fully saturated rings. The van der Waals surface area contributed by atoms with Crippen molar-refractivity contribution in [2.75, 3.05) is 24.0 Å². The second-order valence-corrected chi connectivity index (χ2v) is 16.2. The summed E-state index contributed by atoms with van der Waals surface area (Å²) in [4.78, 5) is 52.2. The van der Waals surface area contributed by atoms with E-state index in [-0.39, 0.29) is 24.7 Å². The number of amides is 2. The molecule has 4 aromatic rings. The Morgan fingerprint density at radius 2 is 0.923 bits per heavy atom. The van der Waals surface area contributed by atoms with Gasteiger partial charge in [-0.2, -0.15) is 0 Å². The summed E-state index contributed by atoms with van der Waals surface area (Å²) in [7, 11) is 3.15. The molecule has 52 heavy (non-hydrogen) atoms. The van der Waals surface area contributed by atoms with Gasteiger partial charge in [0.1, 0.15) is 21.2 Å². The summed E-state index contributed by atoms with van der Waals surface area (Å²) < 4.78 is 10.6. The molecule has 0 unspecified atom stereocenters. The van der Waals surface area contributed by atoms with Gasteiger partial charge in [0.15, 0.2) is 0 Å². The molecule has 0 spiro atoms. The highest BCUT2D eigenvalue weighted by molar-refractivity contribution is 8.02. The summed E-state index contributed by atoms with van der Waals surface area (Å²) in [5, 5.41) is 17.6. The SMILES string of the molecule is COc1ccc(N2C(=O)[C@H](CC(=O)O)S[C@@]2(C)c2ccc(CCc3ccc([C@]4(C)S[C@@H](CC(=O)O)C(=O)N4c4ccc(OC)cc4)cc3)cc2)cc1. The minimum atomic E-state index is -1.02. The number of carboxylic acids is 2. The zero-order chi connectivity index (χ0) is 37.2. The van der Waals surface area contributed by atoms with Gasteiger partial charge in [0, 0.05) is 11.4 Å². The predicted octanol–water partition coefficient (Wildman–Crippen LogP) is 7.08. The van der Waals surface area contributed by atoms with Gasteiger partial charge in [0.25, 0.3) is 0 Å². The van der Waals surface area contributed by atoms with Gasteiger partial charge in [-0.05, 0) is 97.5 Å². The van der Waals surface area contributed by atoms with Crippen LogP contribution < -0.4 is 19.3 Å². The second kappa shape index (κ2) is 15.0. The second-order valence-electron chi connectivity index (χ2n) is 13.0. The zero-order valence-corrected chi connectivity index (χ0v) is 30.9. The molecule has 0 saturated carbocycles. The Hall–Kier alpha value is -4.94. The average molecular weight is 741 g/mol. The van der Waals surface area contributed by atoms with Crippen molar-refractivity contribution in [1.29, 1.82) is 0 Å². The van der Waals surface area contributed by atoms with Crippen LogP contribution in [0.25, 0.3) is 0 Å². The van der Waals surface area contributed by atoms with E-state index in [1.807, 2.05) is 86.6 Å². The highest BCUT2D eigenvalue weighted by Gasteiger charge is 2.52. The fraction of sp³-hybridized carbons (Fsp3) is 0.300. The van der Waals surface area contributed by atoms with Gasteiger partial charge in [-0.15, -0.1) is 23.5 Å². The van der Waals surface area contributed by atoms with Crippen LogP contribution in [0, 0.1) is 0 Å². The topological polar surface area (TPSA) is 134 Å². The van der Waals surface area contributed by atoms with Crippen molar-refractivity contribution in [3.8, 4) is 11.5 Å². The molecule has 2 saturated heterocycles. The predicted molar refractivity (Wildman–Crippen MR) is 203 cm³/mol. The van der Waals surface area contributed by atoms with Crippen LogP contribution >= 0.6 is 23.5 Å². The van der Waals surface area contributed by atoms with Gasteiger partial charge in [-0.3, -0.25) is 29.0 Å². The Balaban J connectivity index is 1.18. The number of aryl methyl sites for hydroxylation is 2. The number of nitrogens with zero attached hydrogens (tertiary/aromatic N) is 2. The molecule has 270 valence electrons. The van der Waals surface area contributed by atoms with Crippen LogP contribution in [-0.4, -0.2) is 58.7 Å². The first-order valence-corrected chi connectivity index (χ1v) is 18.6. The van der Waals surface area contributed by atoms with Crippen molar-refractivity contribution in [2.45, 2.75) is 59.8 Å². The van der Waals surface area contributed by atoms with E-state index in [1.54, 1.807) is 48.3 Å². The van der Waals surface area contributed by atoms with Crippen molar-refractivity contribution < 1.29 is 38.9 Å². The Labute approximate surface area is 311 Å². The lowest BCUT2D eigenvalue weighted by atomic mass is 9.98. The summed E-state index contributed by atoms with van der Waals surface area (Å²) in [6.45, 7) is 3.91. The number of hydrogen-bond acceptors (Lipinski definition) is 8. The Morgan fingerprint density at radius 3 is 1.21 bits per heavy atom. The summed E-state index contributed by atoms with van der Waals surface area (Å²) in [6, 6.07) is 30.6. The summed E-state index contributed by atoms with van der Waals surface area (Å²) >= 11 is 2.70. The molecular weight excluding hydrogens is 701 g/mol. The van der Waals surface area contributed by atoms with Crippen LogP contribution in [0.3, 0.4) is 0 Å². The van der Waals surface area contributed by atoms with Crippen LogP contribution in [0.2, 0.25) is 0 Å². The maximum Gasteiger partial charge on any atom is 0.305 e.